The zero-order valence-corrected chi connectivity index (χ0v) is 8.37. The highest BCUT2D eigenvalue weighted by atomic mass is 19.4. The Labute approximate surface area is 90.7 Å². The fourth-order valence-corrected chi connectivity index (χ4v) is 1.67. The number of aldehydes is 1. The number of halogens is 3. The number of anilines is 1. The lowest BCUT2D eigenvalue weighted by molar-refractivity contribution is -0.137. The highest BCUT2D eigenvalue weighted by molar-refractivity contribution is 5.62. The Morgan fingerprint density at radius 2 is 1.75 bits per heavy atom. The molecule has 0 unspecified atom stereocenters. The predicted octanol–water partition coefficient (Wildman–Crippen LogP) is 2.34. The van der Waals surface area contributed by atoms with Gasteiger partial charge in [0.25, 0.3) is 0 Å². The van der Waals surface area contributed by atoms with Gasteiger partial charge in [-0.25, -0.2) is 0 Å². The van der Waals surface area contributed by atoms with Crippen LogP contribution in [0.15, 0.2) is 24.3 Å². The average Bonchev–Trinajstić information content (AvgIpc) is 2.15. The van der Waals surface area contributed by atoms with Crippen molar-refractivity contribution in [2.75, 3.05) is 18.0 Å². The molecule has 1 aromatic carbocycles. The van der Waals surface area contributed by atoms with Gasteiger partial charge in [-0.2, -0.15) is 13.2 Å². The third-order valence-electron chi connectivity index (χ3n) is 2.66. The summed E-state index contributed by atoms with van der Waals surface area (Å²) in [5.41, 5.74) is 0.0785. The highest BCUT2D eigenvalue weighted by Gasteiger charge is 2.31. The lowest BCUT2D eigenvalue weighted by Gasteiger charge is -2.38. The smallest absolute Gasteiger partial charge is 0.370 e. The average molecular weight is 229 g/mol. The quantitative estimate of drug-likeness (QED) is 0.725. The van der Waals surface area contributed by atoms with Crippen LogP contribution < -0.4 is 4.90 Å². The number of benzene rings is 1. The van der Waals surface area contributed by atoms with Gasteiger partial charge < -0.3 is 9.69 Å². The molecular formula is C11H10F3NO. The van der Waals surface area contributed by atoms with E-state index in [-0.39, 0.29) is 5.92 Å². The molecule has 0 N–H and O–H groups in total. The second kappa shape index (κ2) is 3.81. The van der Waals surface area contributed by atoms with Crippen LogP contribution in [0.5, 0.6) is 0 Å². The van der Waals surface area contributed by atoms with Crippen molar-refractivity contribution in [1.29, 1.82) is 0 Å². The molecule has 0 atom stereocenters. The number of alkyl halides is 3. The standard InChI is InChI=1S/C11H10F3NO/c12-11(13,14)9-1-3-10(4-2-9)15-5-8(6-15)7-16/h1-4,7-8H,5-6H2. The predicted molar refractivity (Wildman–Crippen MR) is 53.2 cm³/mol. The molecule has 86 valence electrons. The summed E-state index contributed by atoms with van der Waals surface area (Å²) in [5, 5.41) is 0. The van der Waals surface area contributed by atoms with Crippen LogP contribution >= 0.6 is 0 Å². The number of hydrogen-bond donors (Lipinski definition) is 0. The first-order chi connectivity index (χ1) is 7.50. The minimum atomic E-state index is -4.29. The Morgan fingerprint density at radius 1 is 1.19 bits per heavy atom. The molecule has 1 aromatic rings. The molecule has 1 aliphatic rings. The van der Waals surface area contributed by atoms with E-state index < -0.39 is 11.7 Å². The highest BCUT2D eigenvalue weighted by Crippen LogP contribution is 2.31. The largest absolute Gasteiger partial charge is 0.416 e. The minimum absolute atomic E-state index is 0.0160. The molecule has 0 bridgehead atoms. The Balaban J connectivity index is 2.06. The molecule has 2 nitrogen and oxygen atoms in total. The van der Waals surface area contributed by atoms with Gasteiger partial charge in [-0.3, -0.25) is 0 Å². The van der Waals surface area contributed by atoms with Crippen LogP contribution in [0.3, 0.4) is 0 Å². The third kappa shape index (κ3) is 2.03. The molecule has 1 saturated heterocycles. The number of rotatable bonds is 2. The third-order valence-corrected chi connectivity index (χ3v) is 2.66. The molecule has 0 aliphatic carbocycles. The van der Waals surface area contributed by atoms with Gasteiger partial charge in [0.05, 0.1) is 5.56 Å². The Kier molecular flexibility index (Phi) is 2.61. The molecule has 5 heteroatoms. The van der Waals surface area contributed by atoms with E-state index in [4.69, 9.17) is 0 Å². The first kappa shape index (κ1) is 11.0. The van der Waals surface area contributed by atoms with Crippen molar-refractivity contribution in [3.8, 4) is 0 Å². The zero-order chi connectivity index (χ0) is 11.8. The maximum Gasteiger partial charge on any atom is 0.416 e. The minimum Gasteiger partial charge on any atom is -0.370 e. The van der Waals surface area contributed by atoms with Gasteiger partial charge in [0.1, 0.15) is 6.29 Å². The second-order valence-corrected chi connectivity index (χ2v) is 3.85. The van der Waals surface area contributed by atoms with Crippen molar-refractivity contribution in [3.63, 3.8) is 0 Å². The van der Waals surface area contributed by atoms with E-state index in [1.165, 1.54) is 12.1 Å². The summed E-state index contributed by atoms with van der Waals surface area (Å²) >= 11 is 0. The summed E-state index contributed by atoms with van der Waals surface area (Å²) in [7, 11) is 0. The van der Waals surface area contributed by atoms with E-state index >= 15 is 0 Å². The van der Waals surface area contributed by atoms with Crippen molar-refractivity contribution in [3.05, 3.63) is 29.8 Å². The number of hydrogen-bond acceptors (Lipinski definition) is 2. The van der Waals surface area contributed by atoms with Gasteiger partial charge in [0, 0.05) is 24.7 Å². The van der Waals surface area contributed by atoms with E-state index in [0.717, 1.165) is 24.1 Å². The van der Waals surface area contributed by atoms with Crippen molar-refractivity contribution < 1.29 is 18.0 Å². The van der Waals surface area contributed by atoms with Crippen LogP contribution in [-0.2, 0) is 11.0 Å². The van der Waals surface area contributed by atoms with E-state index in [1.807, 2.05) is 4.90 Å². The summed E-state index contributed by atoms with van der Waals surface area (Å²) in [5.74, 6) is 0.0160. The Bertz CT molecular complexity index is 379. The summed E-state index contributed by atoms with van der Waals surface area (Å²) in [6.45, 7) is 1.18. The van der Waals surface area contributed by atoms with Crippen LogP contribution in [0.4, 0.5) is 18.9 Å². The normalized spacial score (nSPS) is 17.1. The van der Waals surface area contributed by atoms with Gasteiger partial charge >= 0.3 is 6.18 Å². The summed E-state index contributed by atoms with van der Waals surface area (Å²) < 4.78 is 36.8. The SMILES string of the molecule is O=CC1CN(c2ccc(C(F)(F)F)cc2)C1. The second-order valence-electron chi connectivity index (χ2n) is 3.85. The Hall–Kier alpha value is -1.52. The molecule has 2 rings (SSSR count). The van der Waals surface area contributed by atoms with Crippen molar-refractivity contribution in [2.24, 2.45) is 5.92 Å². The summed E-state index contributed by atoms with van der Waals surface area (Å²) in [6, 6.07) is 4.99. The molecule has 0 radical (unpaired) electrons. The molecule has 0 saturated carbocycles. The van der Waals surface area contributed by atoms with E-state index in [9.17, 15) is 18.0 Å². The first-order valence-electron chi connectivity index (χ1n) is 4.88. The lowest BCUT2D eigenvalue weighted by Crippen LogP contribution is -2.47. The van der Waals surface area contributed by atoms with Gasteiger partial charge in [-0.15, -0.1) is 0 Å². The molecule has 0 aromatic heterocycles. The molecular weight excluding hydrogens is 219 g/mol. The van der Waals surface area contributed by atoms with Gasteiger partial charge in [0.2, 0.25) is 0 Å². The maximum atomic E-state index is 12.3. The van der Waals surface area contributed by atoms with Gasteiger partial charge in [0.15, 0.2) is 0 Å². The van der Waals surface area contributed by atoms with Crippen LogP contribution in [0, 0.1) is 5.92 Å². The lowest BCUT2D eigenvalue weighted by atomic mass is 10.0. The van der Waals surface area contributed by atoms with Crippen molar-refractivity contribution in [2.45, 2.75) is 6.18 Å². The zero-order valence-electron chi connectivity index (χ0n) is 8.37. The first-order valence-corrected chi connectivity index (χ1v) is 4.88. The monoisotopic (exact) mass is 229 g/mol. The van der Waals surface area contributed by atoms with E-state index in [1.54, 1.807) is 0 Å². The molecule has 1 heterocycles. The fourth-order valence-electron chi connectivity index (χ4n) is 1.67. The van der Waals surface area contributed by atoms with E-state index in [0.29, 0.717) is 13.1 Å². The Morgan fingerprint density at radius 3 is 2.19 bits per heavy atom. The molecule has 0 amide bonds. The van der Waals surface area contributed by atoms with Crippen LogP contribution in [-0.4, -0.2) is 19.4 Å². The van der Waals surface area contributed by atoms with Crippen LogP contribution in [0.2, 0.25) is 0 Å². The maximum absolute atomic E-state index is 12.3. The van der Waals surface area contributed by atoms with E-state index in [2.05, 4.69) is 0 Å². The fraction of sp³-hybridized carbons (Fsp3) is 0.364. The van der Waals surface area contributed by atoms with Crippen LogP contribution in [0.25, 0.3) is 0 Å². The van der Waals surface area contributed by atoms with Crippen molar-refractivity contribution in [1.82, 2.24) is 0 Å². The molecule has 1 aliphatic heterocycles. The van der Waals surface area contributed by atoms with Gasteiger partial charge in [-0.1, -0.05) is 0 Å². The van der Waals surface area contributed by atoms with Crippen LogP contribution in [0.1, 0.15) is 5.56 Å². The molecule has 16 heavy (non-hydrogen) atoms. The van der Waals surface area contributed by atoms with Crippen molar-refractivity contribution >= 4 is 12.0 Å². The topological polar surface area (TPSA) is 20.3 Å². The number of carbonyl (C=O) groups is 1. The summed E-state index contributed by atoms with van der Waals surface area (Å²) in [4.78, 5) is 12.2. The molecule has 1 fully saturated rings. The molecule has 0 spiro atoms. The summed E-state index contributed by atoms with van der Waals surface area (Å²) in [6.07, 6.45) is -3.42. The number of nitrogens with zero attached hydrogens (tertiary/aromatic N) is 1. The number of carbonyl (C=O) groups excluding carboxylic acids is 1. The van der Waals surface area contributed by atoms with Gasteiger partial charge in [-0.05, 0) is 24.3 Å².